The van der Waals surface area contributed by atoms with Crippen LogP contribution in [-0.2, 0) is 23.9 Å². The molecule has 0 spiro atoms. The molecule has 0 bridgehead atoms. The van der Waals surface area contributed by atoms with Gasteiger partial charge in [0.1, 0.15) is 5.70 Å². The Kier molecular flexibility index (Phi) is 7.06. The lowest BCUT2D eigenvalue weighted by atomic mass is 10.2. The molecule has 1 N–H and O–H groups in total. The molecule has 27 heavy (non-hydrogen) atoms. The number of amides is 1. The molecule has 9 heteroatoms. The first-order valence-electron chi connectivity index (χ1n) is 8.30. The van der Waals surface area contributed by atoms with Gasteiger partial charge in [-0.3, -0.25) is 4.79 Å². The van der Waals surface area contributed by atoms with Gasteiger partial charge in [0.05, 0.1) is 31.7 Å². The summed E-state index contributed by atoms with van der Waals surface area (Å²) in [5.41, 5.74) is 1.26. The number of methoxy groups -OCH3 is 2. The topological polar surface area (TPSA) is 88.2 Å². The quantitative estimate of drug-likeness (QED) is 0.599. The van der Waals surface area contributed by atoms with Crippen LogP contribution in [0.4, 0.5) is 11.4 Å². The number of benzene rings is 1. The molecule has 1 aromatic rings. The van der Waals surface area contributed by atoms with E-state index in [4.69, 9.17) is 16.3 Å². The molecule has 1 aromatic carbocycles. The number of carbonyl (C=O) groups excluding carboxylic acids is 3. The Bertz CT molecular complexity index is 757. The van der Waals surface area contributed by atoms with Crippen LogP contribution in [0.2, 0.25) is 5.02 Å². The highest BCUT2D eigenvalue weighted by Crippen LogP contribution is 2.31. The predicted octanol–water partition coefficient (Wildman–Crippen LogP) is 1.65. The lowest BCUT2D eigenvalue weighted by molar-refractivity contribution is -0.138. The van der Waals surface area contributed by atoms with Gasteiger partial charge in [-0.1, -0.05) is 11.6 Å². The van der Waals surface area contributed by atoms with E-state index in [0.29, 0.717) is 36.9 Å². The van der Waals surface area contributed by atoms with Crippen molar-refractivity contribution in [3.63, 3.8) is 0 Å². The standard InChI is InChI=1S/C18H22ClN3O5/c1-12(23)21-6-8-22(9-7-21)16-5-4-13(19)10-14(16)20-15(18(25)27-3)11-17(24)26-2/h4-5,10-11,20H,6-9H2,1-3H3/b15-11+. The van der Waals surface area contributed by atoms with Crippen molar-refractivity contribution < 1.29 is 23.9 Å². The van der Waals surface area contributed by atoms with E-state index >= 15 is 0 Å². The highest BCUT2D eigenvalue weighted by Gasteiger charge is 2.22. The van der Waals surface area contributed by atoms with Gasteiger partial charge in [-0.2, -0.15) is 0 Å². The maximum Gasteiger partial charge on any atom is 0.354 e. The average molecular weight is 396 g/mol. The van der Waals surface area contributed by atoms with E-state index in [9.17, 15) is 14.4 Å². The molecule has 146 valence electrons. The first-order chi connectivity index (χ1) is 12.8. The Morgan fingerprint density at radius 3 is 2.33 bits per heavy atom. The van der Waals surface area contributed by atoms with Crippen molar-refractivity contribution in [3.05, 3.63) is 35.0 Å². The van der Waals surface area contributed by atoms with Crippen LogP contribution in [0.1, 0.15) is 6.92 Å². The van der Waals surface area contributed by atoms with Crippen molar-refractivity contribution in [2.24, 2.45) is 0 Å². The molecule has 1 aliphatic heterocycles. The van der Waals surface area contributed by atoms with Gasteiger partial charge in [0.2, 0.25) is 5.91 Å². The molecule has 1 heterocycles. The molecule has 0 radical (unpaired) electrons. The SMILES string of the molecule is COC(=O)/C=C(/Nc1cc(Cl)ccc1N1CCN(C(C)=O)CC1)C(=O)OC. The molecule has 1 saturated heterocycles. The van der Waals surface area contributed by atoms with Gasteiger partial charge >= 0.3 is 11.9 Å². The van der Waals surface area contributed by atoms with Crippen molar-refractivity contribution >= 4 is 40.8 Å². The number of nitrogens with zero attached hydrogens (tertiary/aromatic N) is 2. The third-order valence-electron chi connectivity index (χ3n) is 4.16. The molecule has 1 amide bonds. The normalized spacial score (nSPS) is 14.6. The highest BCUT2D eigenvalue weighted by molar-refractivity contribution is 6.31. The van der Waals surface area contributed by atoms with Crippen LogP contribution in [0.25, 0.3) is 0 Å². The second-order valence-electron chi connectivity index (χ2n) is 5.85. The Hall–Kier alpha value is -2.74. The minimum Gasteiger partial charge on any atom is -0.466 e. The van der Waals surface area contributed by atoms with Gasteiger partial charge in [0.25, 0.3) is 0 Å². The number of carbonyl (C=O) groups is 3. The molecule has 0 atom stereocenters. The highest BCUT2D eigenvalue weighted by atomic mass is 35.5. The van der Waals surface area contributed by atoms with Crippen molar-refractivity contribution in [2.75, 3.05) is 50.6 Å². The maximum atomic E-state index is 12.0. The lowest BCUT2D eigenvalue weighted by Gasteiger charge is -2.36. The molecular formula is C18H22ClN3O5. The molecule has 0 aromatic heterocycles. The first kappa shape index (κ1) is 20.6. The lowest BCUT2D eigenvalue weighted by Crippen LogP contribution is -2.48. The van der Waals surface area contributed by atoms with E-state index in [1.165, 1.54) is 14.2 Å². The first-order valence-corrected chi connectivity index (χ1v) is 8.68. The summed E-state index contributed by atoms with van der Waals surface area (Å²) < 4.78 is 9.30. The fourth-order valence-electron chi connectivity index (χ4n) is 2.72. The summed E-state index contributed by atoms with van der Waals surface area (Å²) in [7, 11) is 2.43. The van der Waals surface area contributed by atoms with Crippen molar-refractivity contribution in [2.45, 2.75) is 6.92 Å². The number of nitrogens with one attached hydrogen (secondary N) is 1. The van der Waals surface area contributed by atoms with E-state index in [1.54, 1.807) is 24.0 Å². The number of anilines is 2. The van der Waals surface area contributed by atoms with Gasteiger partial charge in [-0.15, -0.1) is 0 Å². The van der Waals surface area contributed by atoms with Crippen molar-refractivity contribution in [1.29, 1.82) is 0 Å². The fraction of sp³-hybridized carbons (Fsp3) is 0.389. The summed E-state index contributed by atoms with van der Waals surface area (Å²) >= 11 is 6.11. The van der Waals surface area contributed by atoms with Gasteiger partial charge in [0, 0.05) is 38.1 Å². The monoisotopic (exact) mass is 395 g/mol. The summed E-state index contributed by atoms with van der Waals surface area (Å²) in [6.07, 6.45) is 1.02. The van der Waals surface area contributed by atoms with E-state index in [1.807, 2.05) is 6.07 Å². The Morgan fingerprint density at radius 2 is 1.78 bits per heavy atom. The van der Waals surface area contributed by atoms with Gasteiger partial charge in [0.15, 0.2) is 0 Å². The predicted molar refractivity (Wildman–Crippen MR) is 102 cm³/mol. The van der Waals surface area contributed by atoms with E-state index in [0.717, 1.165) is 11.8 Å². The molecule has 0 saturated carbocycles. The number of halogens is 1. The smallest absolute Gasteiger partial charge is 0.354 e. The third kappa shape index (κ3) is 5.37. The van der Waals surface area contributed by atoms with Crippen LogP contribution in [0.5, 0.6) is 0 Å². The van der Waals surface area contributed by atoms with E-state index in [-0.39, 0.29) is 11.6 Å². The Labute approximate surface area is 162 Å². The number of esters is 2. The van der Waals surface area contributed by atoms with Crippen LogP contribution in [0, 0.1) is 0 Å². The van der Waals surface area contributed by atoms with E-state index in [2.05, 4.69) is 15.0 Å². The molecule has 1 fully saturated rings. The summed E-state index contributed by atoms with van der Waals surface area (Å²) in [6, 6.07) is 5.21. The van der Waals surface area contributed by atoms with E-state index < -0.39 is 11.9 Å². The third-order valence-corrected chi connectivity index (χ3v) is 4.40. The van der Waals surface area contributed by atoms with Crippen LogP contribution in [0.15, 0.2) is 30.0 Å². The minimum absolute atomic E-state index is 0.0399. The minimum atomic E-state index is -0.715. The average Bonchev–Trinajstić information content (AvgIpc) is 2.66. The van der Waals surface area contributed by atoms with Crippen LogP contribution >= 0.6 is 11.6 Å². The van der Waals surface area contributed by atoms with Crippen LogP contribution in [-0.4, -0.2) is 63.1 Å². The van der Waals surface area contributed by atoms with Gasteiger partial charge in [-0.25, -0.2) is 9.59 Å². The van der Waals surface area contributed by atoms with Crippen molar-refractivity contribution in [3.8, 4) is 0 Å². The Morgan fingerprint density at radius 1 is 1.11 bits per heavy atom. The number of piperazine rings is 1. The number of hydrogen-bond acceptors (Lipinski definition) is 7. The zero-order valence-corrected chi connectivity index (χ0v) is 16.2. The van der Waals surface area contributed by atoms with Crippen molar-refractivity contribution in [1.82, 2.24) is 4.90 Å². The zero-order chi connectivity index (χ0) is 20.0. The number of rotatable bonds is 5. The molecule has 1 aliphatic rings. The van der Waals surface area contributed by atoms with Crippen LogP contribution in [0.3, 0.4) is 0 Å². The summed E-state index contributed by atoms with van der Waals surface area (Å²) in [4.78, 5) is 38.9. The summed E-state index contributed by atoms with van der Waals surface area (Å²) in [5, 5.41) is 3.38. The number of hydrogen-bond donors (Lipinski definition) is 1. The fourth-order valence-corrected chi connectivity index (χ4v) is 2.90. The molecule has 8 nitrogen and oxygen atoms in total. The molecule has 0 aliphatic carbocycles. The molecular weight excluding hydrogens is 374 g/mol. The molecule has 0 unspecified atom stereocenters. The summed E-state index contributed by atoms with van der Waals surface area (Å²) in [6.45, 7) is 4.00. The van der Waals surface area contributed by atoms with Gasteiger partial charge < -0.3 is 24.6 Å². The largest absolute Gasteiger partial charge is 0.466 e. The van der Waals surface area contributed by atoms with Crippen LogP contribution < -0.4 is 10.2 Å². The second-order valence-corrected chi connectivity index (χ2v) is 6.29. The maximum absolute atomic E-state index is 12.0. The van der Waals surface area contributed by atoms with Gasteiger partial charge in [-0.05, 0) is 18.2 Å². The zero-order valence-electron chi connectivity index (χ0n) is 15.5. The summed E-state index contributed by atoms with van der Waals surface area (Å²) in [5.74, 6) is -1.37. The Balaban J connectivity index is 2.29. The second kappa shape index (κ2) is 9.27. The number of ether oxygens (including phenoxy) is 2. The molecule has 2 rings (SSSR count).